The van der Waals surface area contributed by atoms with Gasteiger partial charge in [0.15, 0.2) is 17.5 Å². The molecule has 0 amide bonds. The highest BCUT2D eigenvalue weighted by atomic mass is 35.5. The van der Waals surface area contributed by atoms with Gasteiger partial charge in [0, 0.05) is 6.42 Å². The first-order valence-corrected chi connectivity index (χ1v) is 6.60. The lowest BCUT2D eigenvalue weighted by Crippen LogP contribution is -2.18. The Balaban J connectivity index is 3.55. The topological polar surface area (TPSA) is 63.6 Å². The molecule has 0 saturated heterocycles. The van der Waals surface area contributed by atoms with Gasteiger partial charge in [0.2, 0.25) is 5.78 Å². The van der Waals surface area contributed by atoms with Crippen LogP contribution in [0.25, 0.3) is 0 Å². The number of aliphatic carboxylic acids is 1. The van der Waals surface area contributed by atoms with Crippen LogP contribution >= 0.6 is 11.6 Å². The molecule has 0 aliphatic carbocycles. The van der Waals surface area contributed by atoms with E-state index in [1.54, 1.807) is 6.92 Å². The Morgan fingerprint density at radius 1 is 1.18 bits per heavy atom. The second-order valence-electron chi connectivity index (χ2n) is 4.07. The third-order valence-corrected chi connectivity index (χ3v) is 2.98. The third-order valence-electron chi connectivity index (χ3n) is 2.71. The molecular weight excluding hydrogens is 325 g/mol. The highest BCUT2D eigenvalue weighted by Gasteiger charge is 2.30. The summed E-state index contributed by atoms with van der Waals surface area (Å²) in [5.74, 6) is -8.63. The predicted molar refractivity (Wildman–Crippen MR) is 72.2 cm³/mol. The predicted octanol–water partition coefficient (Wildman–Crippen LogP) is 3.73. The van der Waals surface area contributed by atoms with Crippen molar-refractivity contribution in [2.45, 2.75) is 20.3 Å². The van der Waals surface area contributed by atoms with Crippen molar-refractivity contribution in [2.75, 3.05) is 6.61 Å². The van der Waals surface area contributed by atoms with Crippen molar-refractivity contribution in [3.05, 3.63) is 45.4 Å². The van der Waals surface area contributed by atoms with Crippen LogP contribution in [0.5, 0.6) is 0 Å². The zero-order valence-electron chi connectivity index (χ0n) is 11.7. The lowest BCUT2D eigenvalue weighted by Gasteiger charge is -2.12. The van der Waals surface area contributed by atoms with Crippen molar-refractivity contribution < 1.29 is 32.6 Å². The molecule has 0 radical (unpaired) electrons. The molecule has 0 bridgehead atoms. The van der Waals surface area contributed by atoms with E-state index >= 15 is 0 Å². The molecule has 0 spiro atoms. The van der Waals surface area contributed by atoms with Gasteiger partial charge >= 0.3 is 5.97 Å². The van der Waals surface area contributed by atoms with Crippen LogP contribution in [-0.2, 0) is 9.53 Å². The van der Waals surface area contributed by atoms with E-state index in [1.807, 2.05) is 0 Å². The number of halogens is 4. The van der Waals surface area contributed by atoms with E-state index in [0.29, 0.717) is 6.07 Å². The highest BCUT2D eigenvalue weighted by Crippen LogP contribution is 2.26. The molecule has 0 aliphatic heterocycles. The Morgan fingerprint density at radius 2 is 1.77 bits per heavy atom. The summed E-state index contributed by atoms with van der Waals surface area (Å²) in [6.07, 6.45) is 0.0419. The van der Waals surface area contributed by atoms with Crippen LogP contribution in [-0.4, -0.2) is 23.5 Å². The Bertz CT molecular complexity index is 656. The maximum Gasteiger partial charge on any atom is 0.343 e. The second kappa shape index (κ2) is 7.31. The van der Waals surface area contributed by atoms with E-state index in [9.17, 15) is 22.8 Å². The Labute approximate surface area is 129 Å². The largest absolute Gasteiger partial charge is 0.497 e. The number of carbonyl (C=O) groups is 2. The van der Waals surface area contributed by atoms with Gasteiger partial charge in [-0.2, -0.15) is 0 Å². The van der Waals surface area contributed by atoms with Gasteiger partial charge in [-0.3, -0.25) is 4.79 Å². The van der Waals surface area contributed by atoms with Gasteiger partial charge in [-0.1, -0.05) is 18.5 Å². The number of carboxylic acid groups (broad SMARTS) is 1. The molecule has 1 N–H and O–H groups in total. The van der Waals surface area contributed by atoms with Crippen LogP contribution in [0.2, 0.25) is 5.02 Å². The molecule has 0 unspecified atom stereocenters. The molecule has 22 heavy (non-hydrogen) atoms. The first-order chi connectivity index (χ1) is 10.3. The van der Waals surface area contributed by atoms with Crippen LogP contribution in [0.3, 0.4) is 0 Å². The Kier molecular flexibility index (Phi) is 5.99. The maximum atomic E-state index is 13.7. The van der Waals surface area contributed by atoms with Gasteiger partial charge in [0.05, 0.1) is 17.2 Å². The summed E-state index contributed by atoms with van der Waals surface area (Å²) in [4.78, 5) is 23.4. The lowest BCUT2D eigenvalue weighted by molar-refractivity contribution is -0.132. The molecule has 0 heterocycles. The highest BCUT2D eigenvalue weighted by molar-refractivity contribution is 6.32. The van der Waals surface area contributed by atoms with E-state index in [-0.39, 0.29) is 18.8 Å². The Hall–Kier alpha value is -2.02. The second-order valence-corrected chi connectivity index (χ2v) is 4.47. The fraction of sp³-hybridized carbons (Fsp3) is 0.286. The molecule has 0 atom stereocenters. The summed E-state index contributed by atoms with van der Waals surface area (Å²) in [6.45, 7) is 3.17. The molecule has 0 aromatic heterocycles. The summed E-state index contributed by atoms with van der Waals surface area (Å²) < 4.78 is 45.2. The monoisotopic (exact) mass is 336 g/mol. The van der Waals surface area contributed by atoms with Gasteiger partial charge in [0.1, 0.15) is 11.3 Å². The van der Waals surface area contributed by atoms with Crippen LogP contribution < -0.4 is 0 Å². The first kappa shape index (κ1) is 18.0. The van der Waals surface area contributed by atoms with Crippen LogP contribution in [0, 0.1) is 17.5 Å². The average Bonchev–Trinajstić information content (AvgIpc) is 2.47. The van der Waals surface area contributed by atoms with E-state index in [1.165, 1.54) is 6.92 Å². The molecule has 0 saturated carbocycles. The smallest absolute Gasteiger partial charge is 0.343 e. The summed E-state index contributed by atoms with van der Waals surface area (Å²) >= 11 is 5.37. The molecular formula is C14H12ClF3O4. The van der Waals surface area contributed by atoms with Gasteiger partial charge in [-0.25, -0.2) is 18.0 Å². The summed E-state index contributed by atoms with van der Waals surface area (Å²) in [7, 11) is 0. The number of carboxylic acids is 1. The van der Waals surface area contributed by atoms with E-state index in [0.717, 1.165) is 0 Å². The first-order valence-electron chi connectivity index (χ1n) is 6.23. The van der Waals surface area contributed by atoms with Crippen LogP contribution in [0.1, 0.15) is 30.6 Å². The fourth-order valence-corrected chi connectivity index (χ4v) is 1.93. The average molecular weight is 337 g/mol. The number of rotatable bonds is 6. The number of hydrogen-bond donors (Lipinski definition) is 1. The van der Waals surface area contributed by atoms with Crippen LogP contribution in [0.15, 0.2) is 17.4 Å². The van der Waals surface area contributed by atoms with Gasteiger partial charge in [-0.15, -0.1) is 0 Å². The SMILES string of the molecule is CCOC(CC)=C(C(=O)O)C(=O)c1cc(Cl)c(F)c(F)c1F. The molecule has 1 aromatic carbocycles. The Morgan fingerprint density at radius 3 is 2.23 bits per heavy atom. The molecule has 4 nitrogen and oxygen atoms in total. The molecule has 0 aliphatic rings. The van der Waals surface area contributed by atoms with Gasteiger partial charge in [-0.05, 0) is 13.0 Å². The van der Waals surface area contributed by atoms with Crippen molar-refractivity contribution in [1.82, 2.24) is 0 Å². The van der Waals surface area contributed by atoms with Crippen LogP contribution in [0.4, 0.5) is 13.2 Å². The van der Waals surface area contributed by atoms with E-state index in [2.05, 4.69) is 0 Å². The normalized spacial score (nSPS) is 11.9. The van der Waals surface area contributed by atoms with Crippen molar-refractivity contribution in [3.8, 4) is 0 Å². The van der Waals surface area contributed by atoms with Crippen molar-refractivity contribution in [3.63, 3.8) is 0 Å². The van der Waals surface area contributed by atoms with Gasteiger partial charge < -0.3 is 9.84 Å². The molecule has 1 rings (SSSR count). The molecule has 8 heteroatoms. The minimum absolute atomic E-state index is 0.0419. The molecule has 1 aromatic rings. The van der Waals surface area contributed by atoms with Gasteiger partial charge in [0.25, 0.3) is 0 Å². The number of ketones is 1. The number of ether oxygens (including phenoxy) is 1. The number of Topliss-reactive ketones (excluding diaryl/α,β-unsaturated/α-hetero) is 1. The number of hydrogen-bond acceptors (Lipinski definition) is 3. The minimum atomic E-state index is -1.95. The van der Waals surface area contributed by atoms with E-state index < -0.39 is 45.4 Å². The number of carbonyl (C=O) groups excluding carboxylic acids is 1. The number of allylic oxidation sites excluding steroid dienone is 1. The molecule has 0 fully saturated rings. The zero-order valence-corrected chi connectivity index (χ0v) is 12.4. The summed E-state index contributed by atoms with van der Waals surface area (Å²) in [6, 6.07) is 0.541. The van der Waals surface area contributed by atoms with Crippen molar-refractivity contribution in [2.24, 2.45) is 0 Å². The standard InChI is InChI=1S/C14H12ClF3O4/c1-3-8(22-4-2)9(14(20)21)13(19)6-5-7(15)11(17)12(18)10(6)16/h5H,3-4H2,1-2H3,(H,20,21). The third kappa shape index (κ3) is 3.41. The zero-order chi connectivity index (χ0) is 17.0. The van der Waals surface area contributed by atoms with Crippen molar-refractivity contribution >= 4 is 23.4 Å². The quantitative estimate of drug-likeness (QED) is 0.163. The minimum Gasteiger partial charge on any atom is -0.497 e. The molecule has 120 valence electrons. The number of benzene rings is 1. The van der Waals surface area contributed by atoms with Crippen molar-refractivity contribution in [1.29, 1.82) is 0 Å². The lowest BCUT2D eigenvalue weighted by atomic mass is 10.0. The summed E-state index contributed by atoms with van der Waals surface area (Å²) in [5.41, 5.74) is -1.84. The van der Waals surface area contributed by atoms with E-state index in [4.69, 9.17) is 21.4 Å². The maximum absolute atomic E-state index is 13.7. The summed E-state index contributed by atoms with van der Waals surface area (Å²) in [5, 5.41) is 8.30. The fourth-order valence-electron chi connectivity index (χ4n) is 1.74.